The van der Waals surface area contributed by atoms with Gasteiger partial charge < -0.3 is 9.64 Å². The fraction of sp³-hybridized carbons (Fsp3) is 0.360. The van der Waals surface area contributed by atoms with E-state index in [-0.39, 0.29) is 12.1 Å². The maximum atomic E-state index is 6.51. The maximum absolute atomic E-state index is 6.51. The van der Waals surface area contributed by atoms with Gasteiger partial charge in [-0.05, 0) is 42.2 Å². The third kappa shape index (κ3) is 4.05. The highest BCUT2D eigenvalue weighted by Crippen LogP contribution is 2.40. The summed E-state index contributed by atoms with van der Waals surface area (Å²) < 4.78 is 5.88. The lowest BCUT2D eigenvalue weighted by Crippen LogP contribution is -2.34. The highest BCUT2D eigenvalue weighted by molar-refractivity contribution is 6.36. The molecule has 1 heterocycles. The summed E-state index contributed by atoms with van der Waals surface area (Å²) >= 11 is 12.6. The molecule has 0 spiro atoms. The first kappa shape index (κ1) is 22.1. The Kier molecular flexibility index (Phi) is 6.52. The maximum Gasteiger partial charge on any atom is 0.151 e. The summed E-state index contributed by atoms with van der Waals surface area (Å²) in [6.45, 7) is 4.20. The lowest BCUT2D eigenvalue weighted by Gasteiger charge is -2.32. The summed E-state index contributed by atoms with van der Waals surface area (Å²) in [5.41, 5.74) is 6.18. The van der Waals surface area contributed by atoms with E-state index in [4.69, 9.17) is 37.9 Å². The number of hydrogen-bond acceptors (Lipinski definition) is 4. The van der Waals surface area contributed by atoms with Crippen LogP contribution in [0.3, 0.4) is 0 Å². The smallest absolute Gasteiger partial charge is 0.151 e. The molecule has 0 N–H and O–H groups in total. The number of fused-ring (bicyclic) bond motifs is 1. The Morgan fingerprint density at radius 3 is 2.45 bits per heavy atom. The summed E-state index contributed by atoms with van der Waals surface area (Å²) in [6.07, 6.45) is 2.49. The molecule has 31 heavy (non-hydrogen) atoms. The second-order valence-corrected chi connectivity index (χ2v) is 8.70. The monoisotopic (exact) mass is 455 g/mol. The number of aryl methyl sites for hydroxylation is 2. The SMILES string of the molecule is CCc1nc(N(C)C2c3ccccc3CC2OC)c(CC)nc1-c1ccc(Cl)cc1Cl. The first-order valence-electron chi connectivity index (χ1n) is 10.7. The first-order valence-corrected chi connectivity index (χ1v) is 11.4. The van der Waals surface area contributed by atoms with Crippen molar-refractivity contribution in [2.45, 2.75) is 45.3 Å². The summed E-state index contributed by atoms with van der Waals surface area (Å²) in [5, 5.41) is 1.20. The predicted octanol–water partition coefficient (Wildman–Crippen LogP) is 6.32. The molecule has 0 saturated heterocycles. The summed E-state index contributed by atoms with van der Waals surface area (Å²) in [7, 11) is 3.88. The van der Waals surface area contributed by atoms with Gasteiger partial charge in [0.25, 0.3) is 0 Å². The highest BCUT2D eigenvalue weighted by atomic mass is 35.5. The zero-order valence-electron chi connectivity index (χ0n) is 18.3. The third-order valence-electron chi connectivity index (χ3n) is 6.08. The molecule has 1 aliphatic carbocycles. The van der Waals surface area contributed by atoms with Gasteiger partial charge in [0.1, 0.15) is 0 Å². The average Bonchev–Trinajstić information content (AvgIpc) is 3.16. The van der Waals surface area contributed by atoms with Crippen LogP contribution >= 0.6 is 23.2 Å². The van der Waals surface area contributed by atoms with Gasteiger partial charge in [0.15, 0.2) is 5.82 Å². The molecule has 3 aromatic rings. The van der Waals surface area contributed by atoms with Crippen LogP contribution in [0.25, 0.3) is 11.3 Å². The van der Waals surface area contributed by atoms with Crippen LogP contribution < -0.4 is 4.90 Å². The lowest BCUT2D eigenvalue weighted by molar-refractivity contribution is 0.0889. The van der Waals surface area contributed by atoms with Crippen molar-refractivity contribution in [2.24, 2.45) is 0 Å². The summed E-state index contributed by atoms with van der Waals surface area (Å²) in [6, 6.07) is 14.2. The molecule has 0 saturated carbocycles. The molecule has 1 aliphatic rings. The Morgan fingerprint density at radius 2 is 1.77 bits per heavy atom. The van der Waals surface area contributed by atoms with E-state index >= 15 is 0 Å². The van der Waals surface area contributed by atoms with Gasteiger partial charge in [-0.1, -0.05) is 61.3 Å². The fourth-order valence-electron chi connectivity index (χ4n) is 4.50. The van der Waals surface area contributed by atoms with Crippen molar-refractivity contribution in [3.05, 3.63) is 75.0 Å². The number of methoxy groups -OCH3 is 1. The molecule has 2 atom stereocenters. The molecule has 4 nitrogen and oxygen atoms in total. The van der Waals surface area contributed by atoms with Crippen molar-refractivity contribution in [2.75, 3.05) is 19.1 Å². The molecular weight excluding hydrogens is 429 g/mol. The number of halogens is 2. The van der Waals surface area contributed by atoms with Gasteiger partial charge in [-0.3, -0.25) is 0 Å². The minimum absolute atomic E-state index is 0.0735. The number of benzene rings is 2. The molecule has 0 aliphatic heterocycles. The second-order valence-electron chi connectivity index (χ2n) is 7.85. The Morgan fingerprint density at radius 1 is 1.03 bits per heavy atom. The number of rotatable bonds is 6. The van der Waals surface area contributed by atoms with E-state index in [9.17, 15) is 0 Å². The molecule has 0 radical (unpaired) electrons. The standard InChI is InChI=1S/C25H27Cl2N3O/c1-5-20-23(18-12-11-16(26)14-19(18)27)28-21(6-2)25(29-20)30(3)24-17-10-8-7-9-15(17)13-22(24)31-4/h7-12,14,22,24H,5-6,13H2,1-4H3. The molecule has 1 aromatic heterocycles. The van der Waals surface area contributed by atoms with E-state index in [1.165, 1.54) is 11.1 Å². The minimum Gasteiger partial charge on any atom is -0.379 e. The largest absolute Gasteiger partial charge is 0.379 e. The Balaban J connectivity index is 1.82. The van der Waals surface area contributed by atoms with Gasteiger partial charge in [-0.15, -0.1) is 0 Å². The normalized spacial score (nSPS) is 17.6. The van der Waals surface area contributed by atoms with Crippen LogP contribution in [0.4, 0.5) is 5.82 Å². The molecule has 162 valence electrons. The first-order chi connectivity index (χ1) is 15.0. The average molecular weight is 456 g/mol. The van der Waals surface area contributed by atoms with Crippen LogP contribution in [0.15, 0.2) is 42.5 Å². The van der Waals surface area contributed by atoms with Crippen LogP contribution in [-0.4, -0.2) is 30.2 Å². The topological polar surface area (TPSA) is 38.2 Å². The van der Waals surface area contributed by atoms with Crippen molar-refractivity contribution < 1.29 is 4.74 Å². The quantitative estimate of drug-likeness (QED) is 0.435. The number of likely N-dealkylation sites (N-methyl/N-ethyl adjacent to an activating group) is 1. The molecular formula is C25H27Cl2N3O. The van der Waals surface area contributed by atoms with Gasteiger partial charge in [0.05, 0.1) is 34.3 Å². The number of hydrogen-bond donors (Lipinski definition) is 0. The van der Waals surface area contributed by atoms with Gasteiger partial charge in [0, 0.05) is 31.2 Å². The van der Waals surface area contributed by atoms with Crippen LogP contribution in [0.5, 0.6) is 0 Å². The Bertz CT molecular complexity index is 1100. The predicted molar refractivity (Wildman–Crippen MR) is 128 cm³/mol. The van der Waals surface area contributed by atoms with Crippen molar-refractivity contribution in [1.82, 2.24) is 9.97 Å². The molecule has 0 amide bonds. The Hall–Kier alpha value is -2.14. The molecule has 2 aromatic carbocycles. The van der Waals surface area contributed by atoms with E-state index in [0.29, 0.717) is 10.0 Å². The number of ether oxygens (including phenoxy) is 1. The van der Waals surface area contributed by atoms with E-state index < -0.39 is 0 Å². The highest BCUT2D eigenvalue weighted by Gasteiger charge is 2.36. The van der Waals surface area contributed by atoms with Crippen molar-refractivity contribution in [3.63, 3.8) is 0 Å². The number of nitrogens with zero attached hydrogens (tertiary/aromatic N) is 3. The van der Waals surface area contributed by atoms with E-state index in [1.54, 1.807) is 13.2 Å². The zero-order chi connectivity index (χ0) is 22.1. The van der Waals surface area contributed by atoms with E-state index in [1.807, 2.05) is 12.1 Å². The molecule has 4 rings (SSSR count). The van der Waals surface area contributed by atoms with Crippen LogP contribution in [0.1, 0.15) is 42.4 Å². The van der Waals surface area contributed by atoms with Gasteiger partial charge in [0.2, 0.25) is 0 Å². The lowest BCUT2D eigenvalue weighted by atomic mass is 10.0. The van der Waals surface area contributed by atoms with Crippen molar-refractivity contribution in [3.8, 4) is 11.3 Å². The van der Waals surface area contributed by atoms with Crippen LogP contribution in [0, 0.1) is 0 Å². The summed E-state index contributed by atoms with van der Waals surface area (Å²) in [5.74, 6) is 0.900. The minimum atomic E-state index is 0.0735. The molecule has 0 fully saturated rings. The van der Waals surface area contributed by atoms with Crippen molar-refractivity contribution >= 4 is 29.0 Å². The zero-order valence-corrected chi connectivity index (χ0v) is 19.8. The van der Waals surface area contributed by atoms with Gasteiger partial charge in [-0.25, -0.2) is 9.97 Å². The number of anilines is 1. The van der Waals surface area contributed by atoms with Gasteiger partial charge in [-0.2, -0.15) is 0 Å². The summed E-state index contributed by atoms with van der Waals surface area (Å²) in [4.78, 5) is 12.4. The third-order valence-corrected chi connectivity index (χ3v) is 6.62. The molecule has 6 heteroatoms. The molecule has 0 bridgehead atoms. The van der Waals surface area contributed by atoms with E-state index in [0.717, 1.165) is 47.7 Å². The van der Waals surface area contributed by atoms with E-state index in [2.05, 4.69) is 50.1 Å². The van der Waals surface area contributed by atoms with Gasteiger partial charge >= 0.3 is 0 Å². The van der Waals surface area contributed by atoms with Crippen molar-refractivity contribution in [1.29, 1.82) is 0 Å². The number of aromatic nitrogens is 2. The Labute approximate surface area is 194 Å². The van der Waals surface area contributed by atoms with Crippen LogP contribution in [0.2, 0.25) is 10.0 Å². The second kappa shape index (κ2) is 9.15. The fourth-order valence-corrected chi connectivity index (χ4v) is 5.00. The van der Waals surface area contributed by atoms with Crippen LogP contribution in [-0.2, 0) is 24.0 Å². The molecule has 2 unspecified atom stereocenters.